The molecule has 7 nitrogen and oxygen atoms in total. The zero-order valence-corrected chi connectivity index (χ0v) is 20.2. The molecule has 35 heavy (non-hydrogen) atoms. The van der Waals surface area contributed by atoms with Gasteiger partial charge in [-0.15, -0.1) is 10.2 Å². The largest absolute Gasteiger partial charge is 0.354 e. The summed E-state index contributed by atoms with van der Waals surface area (Å²) >= 11 is 6.36. The molecule has 3 aromatic rings. The molecule has 182 valence electrons. The van der Waals surface area contributed by atoms with Crippen LogP contribution in [0.1, 0.15) is 55.7 Å². The molecular weight excluding hydrogens is 472 g/mol. The van der Waals surface area contributed by atoms with Gasteiger partial charge in [0.15, 0.2) is 5.82 Å². The number of fused-ring (bicyclic) bond motifs is 3. The fraction of sp³-hybridized carbons (Fsp3) is 0.520. The molecule has 2 aromatic heterocycles. The average molecular weight is 498 g/mol. The van der Waals surface area contributed by atoms with E-state index in [0.717, 1.165) is 54.6 Å². The van der Waals surface area contributed by atoms with Gasteiger partial charge < -0.3 is 4.90 Å². The molecule has 0 radical (unpaired) electrons. The Balaban J connectivity index is 1.16. The number of rotatable bonds is 3. The number of hydrogen-bond acceptors (Lipinski definition) is 6. The first-order valence-corrected chi connectivity index (χ1v) is 12.5. The monoisotopic (exact) mass is 497 g/mol. The number of anilines is 1. The predicted octanol–water partition coefficient (Wildman–Crippen LogP) is 4.60. The number of alkyl halides is 2. The fourth-order valence-electron chi connectivity index (χ4n) is 6.76. The zero-order valence-electron chi connectivity index (χ0n) is 19.5. The van der Waals surface area contributed by atoms with Crippen LogP contribution in [0.15, 0.2) is 36.8 Å². The maximum Gasteiger partial charge on any atom is 0.251 e. The molecule has 0 atom stereocenters. The molecule has 3 fully saturated rings. The van der Waals surface area contributed by atoms with Crippen LogP contribution in [0.25, 0.3) is 5.69 Å². The van der Waals surface area contributed by atoms with Crippen LogP contribution in [-0.4, -0.2) is 54.2 Å². The fourth-order valence-corrected chi connectivity index (χ4v) is 6.96. The second-order valence-corrected chi connectivity index (χ2v) is 11.6. The predicted molar refractivity (Wildman–Crippen MR) is 127 cm³/mol. The third-order valence-electron chi connectivity index (χ3n) is 8.42. The Bertz CT molecular complexity index is 1290. The molecule has 1 spiro atoms. The molecule has 0 unspecified atom stereocenters. The third-order valence-corrected chi connectivity index (χ3v) is 8.66. The Morgan fingerprint density at radius 1 is 1.06 bits per heavy atom. The van der Waals surface area contributed by atoms with E-state index in [-0.39, 0.29) is 12.8 Å². The molecule has 1 aromatic carbocycles. The van der Waals surface area contributed by atoms with Crippen LogP contribution in [0.3, 0.4) is 0 Å². The highest BCUT2D eigenvalue weighted by Crippen LogP contribution is 2.57. The Labute approximate surface area is 207 Å². The lowest BCUT2D eigenvalue weighted by atomic mass is 9.57. The molecule has 4 heterocycles. The van der Waals surface area contributed by atoms with Crippen LogP contribution < -0.4 is 4.90 Å². The molecular formula is C25H26ClF2N7. The summed E-state index contributed by atoms with van der Waals surface area (Å²) in [5.74, 6) is 0.434. The SMILES string of the molecule is CC1(N2Cc3cc(Cl)ccc3-n3c(nnc3C3CC4(C3)CN(c3cnccn3)C4)C2)CC(F)(F)C1. The van der Waals surface area contributed by atoms with Crippen LogP contribution in [0.5, 0.6) is 0 Å². The normalized spacial score (nSPS) is 24.1. The van der Waals surface area contributed by atoms with Gasteiger partial charge in [-0.3, -0.25) is 14.5 Å². The number of aromatic nitrogens is 5. The third kappa shape index (κ3) is 3.38. The maximum absolute atomic E-state index is 13.9. The smallest absolute Gasteiger partial charge is 0.251 e. The lowest BCUT2D eigenvalue weighted by Crippen LogP contribution is -2.62. The van der Waals surface area contributed by atoms with E-state index in [0.29, 0.717) is 29.4 Å². The van der Waals surface area contributed by atoms with Crippen molar-refractivity contribution in [2.75, 3.05) is 18.0 Å². The summed E-state index contributed by atoms with van der Waals surface area (Å²) in [4.78, 5) is 13.0. The minimum absolute atomic E-state index is 0.135. The van der Waals surface area contributed by atoms with E-state index < -0.39 is 11.5 Å². The van der Waals surface area contributed by atoms with Gasteiger partial charge in [0.25, 0.3) is 5.92 Å². The van der Waals surface area contributed by atoms with Crippen molar-refractivity contribution in [3.63, 3.8) is 0 Å². The van der Waals surface area contributed by atoms with E-state index in [2.05, 4.69) is 34.5 Å². The van der Waals surface area contributed by atoms with Gasteiger partial charge in [0.2, 0.25) is 0 Å². The van der Waals surface area contributed by atoms with E-state index in [9.17, 15) is 8.78 Å². The van der Waals surface area contributed by atoms with Crippen LogP contribution in [0.4, 0.5) is 14.6 Å². The first kappa shape index (κ1) is 21.6. The second-order valence-electron chi connectivity index (χ2n) is 11.2. The van der Waals surface area contributed by atoms with Gasteiger partial charge in [-0.05, 0) is 43.5 Å². The van der Waals surface area contributed by atoms with Crippen molar-refractivity contribution in [2.24, 2.45) is 5.41 Å². The van der Waals surface area contributed by atoms with E-state index in [1.54, 1.807) is 12.4 Å². The summed E-state index contributed by atoms with van der Waals surface area (Å²) < 4.78 is 29.9. The minimum Gasteiger partial charge on any atom is -0.354 e. The first-order chi connectivity index (χ1) is 16.7. The highest BCUT2D eigenvalue weighted by Gasteiger charge is 2.57. The van der Waals surface area contributed by atoms with Crippen LogP contribution in [-0.2, 0) is 13.1 Å². The molecule has 0 N–H and O–H groups in total. The first-order valence-electron chi connectivity index (χ1n) is 12.1. The van der Waals surface area contributed by atoms with Crippen LogP contribution >= 0.6 is 11.6 Å². The van der Waals surface area contributed by atoms with Gasteiger partial charge in [0, 0.05) is 66.8 Å². The van der Waals surface area contributed by atoms with Crippen molar-refractivity contribution in [1.29, 1.82) is 0 Å². The topological polar surface area (TPSA) is 63.0 Å². The average Bonchev–Trinajstić information content (AvgIpc) is 3.06. The quantitative estimate of drug-likeness (QED) is 0.527. The minimum atomic E-state index is -2.60. The Morgan fingerprint density at radius 2 is 1.86 bits per heavy atom. The molecule has 2 aliphatic carbocycles. The number of nitrogens with zero attached hydrogens (tertiary/aromatic N) is 7. The van der Waals surface area contributed by atoms with E-state index in [1.807, 2.05) is 31.3 Å². The molecule has 4 aliphatic rings. The van der Waals surface area contributed by atoms with Crippen molar-refractivity contribution in [3.05, 3.63) is 59.0 Å². The summed E-state index contributed by atoms with van der Waals surface area (Å²) in [5, 5.41) is 9.86. The maximum atomic E-state index is 13.9. The van der Waals surface area contributed by atoms with Gasteiger partial charge in [0.1, 0.15) is 11.6 Å². The molecule has 7 rings (SSSR count). The summed E-state index contributed by atoms with van der Waals surface area (Å²) in [6, 6.07) is 5.86. The number of hydrogen-bond donors (Lipinski definition) is 0. The lowest BCUT2D eigenvalue weighted by molar-refractivity contribution is -0.173. The Hall–Kier alpha value is -2.65. The van der Waals surface area contributed by atoms with Crippen molar-refractivity contribution in [2.45, 2.75) is 63.1 Å². The van der Waals surface area contributed by atoms with Crippen molar-refractivity contribution < 1.29 is 8.78 Å². The van der Waals surface area contributed by atoms with E-state index >= 15 is 0 Å². The molecule has 0 bridgehead atoms. The number of benzene rings is 1. The molecule has 10 heteroatoms. The molecule has 1 saturated heterocycles. The van der Waals surface area contributed by atoms with Gasteiger partial charge in [-0.25, -0.2) is 13.8 Å². The summed E-state index contributed by atoms with van der Waals surface area (Å²) in [7, 11) is 0. The lowest BCUT2D eigenvalue weighted by Gasteiger charge is -2.59. The van der Waals surface area contributed by atoms with E-state index in [4.69, 9.17) is 11.6 Å². The molecule has 2 saturated carbocycles. The zero-order chi connectivity index (χ0) is 24.0. The summed E-state index contributed by atoms with van der Waals surface area (Å²) in [5.41, 5.74) is 1.76. The summed E-state index contributed by atoms with van der Waals surface area (Å²) in [6.45, 7) is 4.94. The van der Waals surface area contributed by atoms with Gasteiger partial charge in [0.05, 0.1) is 18.4 Å². The van der Waals surface area contributed by atoms with Gasteiger partial charge in [-0.1, -0.05) is 11.6 Å². The standard InChI is InChI=1S/C25H26ClF2N7/c1-23(12-25(27,28)13-23)34-10-16-6-18(26)2-3-19(16)35-21(11-34)31-32-22(35)17-7-24(8-17)14-33(15-24)20-9-29-4-5-30-20/h2-6,9,17H,7-8,10-15H2,1H3. The molecule has 0 amide bonds. The number of halogens is 3. The van der Waals surface area contributed by atoms with Crippen molar-refractivity contribution >= 4 is 17.4 Å². The van der Waals surface area contributed by atoms with Gasteiger partial charge in [-0.2, -0.15) is 0 Å². The summed E-state index contributed by atoms with van der Waals surface area (Å²) in [6.07, 6.45) is 7.07. The second kappa shape index (κ2) is 7.20. The van der Waals surface area contributed by atoms with Crippen LogP contribution in [0.2, 0.25) is 5.02 Å². The Kier molecular flexibility index (Phi) is 4.44. The Morgan fingerprint density at radius 3 is 2.57 bits per heavy atom. The highest BCUT2D eigenvalue weighted by molar-refractivity contribution is 6.30. The van der Waals surface area contributed by atoms with Crippen LogP contribution in [0, 0.1) is 5.41 Å². The highest BCUT2D eigenvalue weighted by atomic mass is 35.5. The molecule has 2 aliphatic heterocycles. The van der Waals surface area contributed by atoms with Gasteiger partial charge >= 0.3 is 0 Å². The van der Waals surface area contributed by atoms with E-state index in [1.165, 1.54) is 0 Å². The van der Waals surface area contributed by atoms with Crippen molar-refractivity contribution in [1.82, 2.24) is 29.6 Å². The van der Waals surface area contributed by atoms with Crippen molar-refractivity contribution in [3.8, 4) is 5.69 Å².